The lowest BCUT2D eigenvalue weighted by atomic mass is 10.2. The Morgan fingerprint density at radius 2 is 2.17 bits per heavy atom. The van der Waals surface area contributed by atoms with Crippen LogP contribution in [0.1, 0.15) is 23.5 Å². The Labute approximate surface area is 167 Å². The molecular weight excluding hydrogens is 412 g/mol. The molecule has 9 nitrogen and oxygen atoms in total. The highest BCUT2D eigenvalue weighted by Gasteiger charge is 2.32. The van der Waals surface area contributed by atoms with Gasteiger partial charge in [-0.1, -0.05) is 0 Å². The molecule has 0 saturated heterocycles. The maximum atomic E-state index is 14.3. The number of carbonyl (C=O) groups excluding carboxylic acids is 2. The summed E-state index contributed by atoms with van der Waals surface area (Å²) in [6, 6.07) is 1.23. The molecule has 30 heavy (non-hydrogen) atoms. The van der Waals surface area contributed by atoms with Gasteiger partial charge in [-0.2, -0.15) is 18.3 Å². The van der Waals surface area contributed by atoms with Gasteiger partial charge in [-0.3, -0.25) is 14.7 Å². The number of hydrogen-bond acceptors (Lipinski definition) is 6. The van der Waals surface area contributed by atoms with Crippen molar-refractivity contribution in [3.05, 3.63) is 30.1 Å². The Kier molecular flexibility index (Phi) is 6.08. The number of likely N-dealkylation sites (N-methyl/N-ethyl adjacent to an activating group) is 1. The van der Waals surface area contributed by atoms with Crippen molar-refractivity contribution in [2.45, 2.75) is 25.1 Å². The second-order valence-corrected chi connectivity index (χ2v) is 6.51. The number of alkyl halides is 3. The van der Waals surface area contributed by atoms with Crippen LogP contribution in [0.15, 0.2) is 18.5 Å². The minimum absolute atomic E-state index is 0.0561. The average molecular weight is 430 g/mol. The third-order valence-corrected chi connectivity index (χ3v) is 4.33. The van der Waals surface area contributed by atoms with E-state index in [1.165, 1.54) is 18.0 Å². The van der Waals surface area contributed by atoms with Gasteiger partial charge in [0.05, 0.1) is 11.4 Å². The molecule has 0 aliphatic carbocycles. The lowest BCUT2D eigenvalue weighted by molar-refractivity contribution is -0.134. The molecule has 0 spiro atoms. The minimum Gasteiger partial charge on any atom is -0.489 e. The van der Waals surface area contributed by atoms with Gasteiger partial charge in [-0.15, -0.1) is 0 Å². The zero-order chi connectivity index (χ0) is 21.9. The summed E-state index contributed by atoms with van der Waals surface area (Å²) in [5, 5.41) is 11.0. The third kappa shape index (κ3) is 4.96. The van der Waals surface area contributed by atoms with Gasteiger partial charge in [0.15, 0.2) is 0 Å². The van der Waals surface area contributed by atoms with Crippen LogP contribution in [0.5, 0.6) is 5.75 Å². The molecule has 2 heterocycles. The number of aromatic amines is 1. The van der Waals surface area contributed by atoms with Crippen molar-refractivity contribution in [3.8, 4) is 5.75 Å². The number of aromatic nitrogens is 3. The fourth-order valence-electron chi connectivity index (χ4n) is 2.81. The van der Waals surface area contributed by atoms with Gasteiger partial charge in [-0.05, 0) is 12.5 Å². The van der Waals surface area contributed by atoms with E-state index in [1.54, 1.807) is 0 Å². The smallest absolute Gasteiger partial charge is 0.389 e. The number of hydrogen-bond donors (Lipinski definition) is 3. The molecule has 2 aromatic rings. The van der Waals surface area contributed by atoms with Crippen LogP contribution in [-0.4, -0.2) is 59.4 Å². The average Bonchev–Trinajstić information content (AvgIpc) is 3.19. The first-order chi connectivity index (χ1) is 14.2. The van der Waals surface area contributed by atoms with Crippen LogP contribution < -0.4 is 20.3 Å². The van der Waals surface area contributed by atoms with Crippen LogP contribution in [0.25, 0.3) is 0 Å². The molecule has 0 fully saturated rings. The largest absolute Gasteiger partial charge is 0.489 e. The van der Waals surface area contributed by atoms with E-state index in [2.05, 4.69) is 25.8 Å². The number of rotatable bonds is 6. The third-order valence-electron chi connectivity index (χ3n) is 4.33. The number of ether oxygens (including phenoxy) is 1. The topological polar surface area (TPSA) is 112 Å². The summed E-state index contributed by atoms with van der Waals surface area (Å²) in [6.45, 7) is -0.364. The maximum absolute atomic E-state index is 14.3. The first-order valence-corrected chi connectivity index (χ1v) is 8.86. The number of amides is 2. The van der Waals surface area contributed by atoms with Crippen LogP contribution in [-0.2, 0) is 4.79 Å². The van der Waals surface area contributed by atoms with Crippen molar-refractivity contribution >= 4 is 23.2 Å². The molecule has 0 saturated carbocycles. The fraction of sp³-hybridized carbons (Fsp3) is 0.412. The van der Waals surface area contributed by atoms with Gasteiger partial charge >= 0.3 is 6.18 Å². The molecule has 3 N–H and O–H groups in total. The Morgan fingerprint density at radius 1 is 1.40 bits per heavy atom. The monoisotopic (exact) mass is 430 g/mol. The Balaban J connectivity index is 1.71. The van der Waals surface area contributed by atoms with Gasteiger partial charge in [0.25, 0.3) is 11.8 Å². The molecule has 3 rings (SSSR count). The summed E-state index contributed by atoms with van der Waals surface area (Å²) in [5.41, 5.74) is 0.138. The van der Waals surface area contributed by atoms with Gasteiger partial charge in [0, 0.05) is 26.1 Å². The Bertz CT molecular complexity index is 919. The summed E-state index contributed by atoms with van der Waals surface area (Å²) in [5.74, 6) is -1.99. The first kappa shape index (κ1) is 21.3. The van der Waals surface area contributed by atoms with Gasteiger partial charge in [0.1, 0.15) is 30.5 Å². The molecule has 0 bridgehead atoms. The van der Waals surface area contributed by atoms with Crippen LogP contribution in [0.3, 0.4) is 0 Å². The van der Waals surface area contributed by atoms with Gasteiger partial charge in [0.2, 0.25) is 5.82 Å². The number of nitrogens with zero attached hydrogens (tertiary/aromatic N) is 3. The van der Waals surface area contributed by atoms with E-state index in [4.69, 9.17) is 4.74 Å². The molecule has 1 aromatic heterocycles. The van der Waals surface area contributed by atoms with Crippen LogP contribution in [0.2, 0.25) is 0 Å². The van der Waals surface area contributed by atoms with E-state index in [0.29, 0.717) is 0 Å². The van der Waals surface area contributed by atoms with Gasteiger partial charge in [-0.25, -0.2) is 9.37 Å². The van der Waals surface area contributed by atoms with E-state index in [-0.39, 0.29) is 42.5 Å². The summed E-state index contributed by atoms with van der Waals surface area (Å²) in [4.78, 5) is 29.7. The van der Waals surface area contributed by atoms with Crippen molar-refractivity contribution in [2.24, 2.45) is 0 Å². The predicted molar refractivity (Wildman–Crippen MR) is 96.7 cm³/mol. The van der Waals surface area contributed by atoms with Crippen LogP contribution in [0.4, 0.5) is 28.9 Å². The normalized spacial score (nSPS) is 16.5. The van der Waals surface area contributed by atoms with E-state index >= 15 is 0 Å². The fourth-order valence-corrected chi connectivity index (χ4v) is 2.81. The number of halogens is 4. The first-order valence-electron chi connectivity index (χ1n) is 8.86. The standard InChI is InChI=1S/C17H18F4N6O3/c1-27-12-6-10(22-4-2-3-17(19,20)21)9(18)5-13(12)30-7-11(16(27)29)25-15(28)14-23-8-24-26-14/h5-6,8,11,22H,2-4,7H2,1H3,(H,25,28)(H,23,24,26)/t11-/m0/s1. The molecule has 1 aliphatic rings. The highest BCUT2D eigenvalue weighted by Crippen LogP contribution is 2.35. The van der Waals surface area contributed by atoms with E-state index < -0.39 is 36.3 Å². The molecule has 0 unspecified atom stereocenters. The molecule has 1 atom stereocenters. The Morgan fingerprint density at radius 3 is 2.83 bits per heavy atom. The van der Waals surface area contributed by atoms with Gasteiger partial charge < -0.3 is 20.3 Å². The molecule has 2 amide bonds. The number of fused-ring (bicyclic) bond motifs is 1. The van der Waals surface area contributed by atoms with E-state index in [1.807, 2.05) is 0 Å². The van der Waals surface area contributed by atoms with Crippen molar-refractivity contribution in [3.63, 3.8) is 0 Å². The van der Waals surface area contributed by atoms with Crippen molar-refractivity contribution < 1.29 is 31.9 Å². The summed E-state index contributed by atoms with van der Waals surface area (Å²) >= 11 is 0. The molecule has 162 valence electrons. The van der Waals surface area contributed by atoms with Crippen molar-refractivity contribution in [2.75, 3.05) is 30.4 Å². The van der Waals surface area contributed by atoms with Crippen molar-refractivity contribution in [1.82, 2.24) is 20.5 Å². The van der Waals surface area contributed by atoms with E-state index in [0.717, 1.165) is 12.4 Å². The molecule has 1 aromatic carbocycles. The zero-order valence-electron chi connectivity index (χ0n) is 15.7. The summed E-state index contributed by atoms with van der Waals surface area (Å²) in [7, 11) is 1.41. The number of benzene rings is 1. The number of nitrogens with one attached hydrogen (secondary N) is 3. The molecule has 0 radical (unpaired) electrons. The lowest BCUT2D eigenvalue weighted by Gasteiger charge is -2.21. The highest BCUT2D eigenvalue weighted by atomic mass is 19.4. The summed E-state index contributed by atoms with van der Waals surface area (Å²) < 4.78 is 56.5. The lowest BCUT2D eigenvalue weighted by Crippen LogP contribution is -2.49. The summed E-state index contributed by atoms with van der Waals surface area (Å²) in [6.07, 6.45) is -4.39. The highest BCUT2D eigenvalue weighted by molar-refractivity contribution is 6.02. The van der Waals surface area contributed by atoms with Crippen molar-refractivity contribution in [1.29, 1.82) is 0 Å². The van der Waals surface area contributed by atoms with Crippen LogP contribution in [0, 0.1) is 5.82 Å². The second kappa shape index (κ2) is 8.55. The zero-order valence-corrected chi connectivity index (χ0v) is 15.7. The maximum Gasteiger partial charge on any atom is 0.389 e. The molecular formula is C17H18F4N6O3. The van der Waals surface area contributed by atoms with E-state index in [9.17, 15) is 27.2 Å². The molecule has 1 aliphatic heterocycles. The SMILES string of the molecule is CN1C(=O)[C@@H](NC(=O)c2ncn[nH]2)COc2cc(F)c(NCCCC(F)(F)F)cc21. The number of anilines is 2. The number of H-pyrrole nitrogens is 1. The number of carbonyl (C=O) groups is 2. The molecule has 13 heteroatoms. The quantitative estimate of drug-likeness (QED) is 0.476. The predicted octanol–water partition coefficient (Wildman–Crippen LogP) is 1.85. The minimum atomic E-state index is -4.29. The second-order valence-electron chi connectivity index (χ2n) is 6.51. The van der Waals surface area contributed by atoms with Crippen LogP contribution >= 0.6 is 0 Å². The Hall–Kier alpha value is -3.38.